The average molecular weight is 400 g/mol. The number of rotatable bonds is 5. The standard InChI is InChI=1S/C16H13Cl2F2N5O/c1-16(19,20)14-10(4-9-2-3-11(17)12(18)5-9)15(26)24-13(23-14)6-25-8-21-7-22-25/h2-3,5,7-8H,4,6H2,1H3,(H,23,24,26). The third-order valence-corrected chi connectivity index (χ3v) is 4.36. The molecule has 1 N–H and O–H groups in total. The van der Waals surface area contributed by atoms with E-state index in [1.165, 1.54) is 23.4 Å². The third kappa shape index (κ3) is 4.08. The first-order valence-corrected chi connectivity index (χ1v) is 8.26. The summed E-state index contributed by atoms with van der Waals surface area (Å²) in [6.07, 6.45) is 2.64. The summed E-state index contributed by atoms with van der Waals surface area (Å²) in [5.41, 5.74) is -0.778. The number of H-pyrrole nitrogens is 1. The van der Waals surface area contributed by atoms with Crippen LogP contribution in [-0.4, -0.2) is 24.7 Å². The molecule has 0 unspecified atom stereocenters. The van der Waals surface area contributed by atoms with Gasteiger partial charge in [0.05, 0.1) is 10.0 Å². The first-order valence-electron chi connectivity index (χ1n) is 7.50. The van der Waals surface area contributed by atoms with E-state index >= 15 is 0 Å². The summed E-state index contributed by atoms with van der Waals surface area (Å²) < 4.78 is 29.6. The van der Waals surface area contributed by atoms with Crippen LogP contribution in [0.2, 0.25) is 10.0 Å². The van der Waals surface area contributed by atoms with Crippen molar-refractivity contribution in [1.82, 2.24) is 24.7 Å². The second-order valence-electron chi connectivity index (χ2n) is 5.75. The summed E-state index contributed by atoms with van der Waals surface area (Å²) in [5, 5.41) is 4.49. The summed E-state index contributed by atoms with van der Waals surface area (Å²) >= 11 is 11.8. The molecule has 0 spiro atoms. The van der Waals surface area contributed by atoms with Gasteiger partial charge < -0.3 is 4.98 Å². The molecule has 0 saturated heterocycles. The Morgan fingerprint density at radius 3 is 2.65 bits per heavy atom. The van der Waals surface area contributed by atoms with Gasteiger partial charge in [0.2, 0.25) is 0 Å². The Morgan fingerprint density at radius 1 is 1.27 bits per heavy atom. The molecule has 26 heavy (non-hydrogen) atoms. The zero-order chi connectivity index (χ0) is 18.9. The van der Waals surface area contributed by atoms with Crippen LogP contribution in [-0.2, 0) is 18.9 Å². The Bertz CT molecular complexity index is 983. The van der Waals surface area contributed by atoms with E-state index < -0.39 is 17.2 Å². The summed E-state index contributed by atoms with van der Waals surface area (Å²) in [7, 11) is 0. The van der Waals surface area contributed by atoms with Crippen molar-refractivity contribution in [3.8, 4) is 0 Å². The maximum Gasteiger partial charge on any atom is 0.287 e. The maximum absolute atomic E-state index is 14.1. The zero-order valence-corrected chi connectivity index (χ0v) is 15.0. The van der Waals surface area contributed by atoms with E-state index in [1.54, 1.807) is 12.1 Å². The first kappa shape index (κ1) is 18.5. The molecule has 0 fully saturated rings. The highest BCUT2D eigenvalue weighted by Gasteiger charge is 2.32. The molecule has 3 aromatic rings. The Labute approximate surface area is 156 Å². The van der Waals surface area contributed by atoms with Crippen LogP contribution in [0.15, 0.2) is 35.6 Å². The zero-order valence-electron chi connectivity index (χ0n) is 13.5. The first-order chi connectivity index (χ1) is 12.2. The van der Waals surface area contributed by atoms with Gasteiger partial charge in [-0.1, -0.05) is 29.3 Å². The monoisotopic (exact) mass is 399 g/mol. The Balaban J connectivity index is 2.03. The van der Waals surface area contributed by atoms with E-state index in [0.29, 0.717) is 17.5 Å². The highest BCUT2D eigenvalue weighted by molar-refractivity contribution is 6.42. The van der Waals surface area contributed by atoms with Gasteiger partial charge in [-0.3, -0.25) is 4.79 Å². The largest absolute Gasteiger partial charge is 0.309 e. The summed E-state index contributed by atoms with van der Waals surface area (Å²) in [5.74, 6) is -3.23. The van der Waals surface area contributed by atoms with E-state index in [0.717, 1.165) is 0 Å². The molecule has 0 aliphatic rings. The minimum Gasteiger partial charge on any atom is -0.309 e. The van der Waals surface area contributed by atoms with Gasteiger partial charge in [-0.05, 0) is 17.7 Å². The molecular weight excluding hydrogens is 387 g/mol. The molecule has 0 bridgehead atoms. The molecule has 0 aliphatic carbocycles. The van der Waals surface area contributed by atoms with Gasteiger partial charge in [-0.25, -0.2) is 14.6 Å². The molecule has 6 nitrogen and oxygen atoms in total. The minimum absolute atomic E-state index is 0.0192. The quantitative estimate of drug-likeness (QED) is 0.712. The molecule has 2 aromatic heterocycles. The van der Waals surface area contributed by atoms with E-state index in [4.69, 9.17) is 23.2 Å². The van der Waals surface area contributed by atoms with Crippen molar-refractivity contribution >= 4 is 23.2 Å². The van der Waals surface area contributed by atoms with Crippen molar-refractivity contribution in [3.63, 3.8) is 0 Å². The minimum atomic E-state index is -3.29. The van der Waals surface area contributed by atoms with E-state index in [9.17, 15) is 13.6 Å². The van der Waals surface area contributed by atoms with Crippen LogP contribution in [0, 0.1) is 0 Å². The van der Waals surface area contributed by atoms with Crippen molar-refractivity contribution < 1.29 is 8.78 Å². The number of aromatic nitrogens is 5. The number of hydrogen-bond acceptors (Lipinski definition) is 4. The van der Waals surface area contributed by atoms with Gasteiger partial charge in [-0.15, -0.1) is 0 Å². The molecule has 1 aromatic carbocycles. The normalized spacial score (nSPS) is 11.7. The van der Waals surface area contributed by atoms with Crippen LogP contribution in [0.5, 0.6) is 0 Å². The summed E-state index contributed by atoms with van der Waals surface area (Å²) in [6.45, 7) is 0.720. The highest BCUT2D eigenvalue weighted by Crippen LogP contribution is 2.29. The fourth-order valence-corrected chi connectivity index (χ4v) is 2.79. The van der Waals surface area contributed by atoms with Crippen molar-refractivity contribution in [2.45, 2.75) is 25.8 Å². The average Bonchev–Trinajstić information content (AvgIpc) is 3.05. The predicted molar refractivity (Wildman–Crippen MR) is 92.8 cm³/mol. The fourth-order valence-electron chi connectivity index (χ4n) is 2.47. The van der Waals surface area contributed by atoms with Crippen molar-refractivity contribution in [3.05, 3.63) is 73.9 Å². The SMILES string of the molecule is CC(F)(F)c1nc(Cn2cncn2)[nH]c(=O)c1Cc1ccc(Cl)c(Cl)c1. The smallest absolute Gasteiger partial charge is 0.287 e. The van der Waals surface area contributed by atoms with Crippen LogP contribution >= 0.6 is 23.2 Å². The Morgan fingerprint density at radius 2 is 2.04 bits per heavy atom. The second kappa shape index (κ2) is 7.13. The maximum atomic E-state index is 14.1. The van der Waals surface area contributed by atoms with E-state index in [1.807, 2.05) is 0 Å². The number of benzene rings is 1. The number of nitrogens with one attached hydrogen (secondary N) is 1. The lowest BCUT2D eigenvalue weighted by molar-refractivity contribution is 0.0113. The van der Waals surface area contributed by atoms with Gasteiger partial charge >= 0.3 is 0 Å². The number of halogens is 4. The number of nitrogens with zero attached hydrogens (tertiary/aromatic N) is 4. The van der Waals surface area contributed by atoms with E-state index in [2.05, 4.69) is 20.1 Å². The van der Waals surface area contributed by atoms with Gasteiger partial charge in [0.25, 0.3) is 11.5 Å². The lowest BCUT2D eigenvalue weighted by Gasteiger charge is -2.16. The molecule has 0 amide bonds. The van der Waals surface area contributed by atoms with Crippen LogP contribution in [0.4, 0.5) is 8.78 Å². The molecule has 0 saturated carbocycles. The molecule has 0 atom stereocenters. The highest BCUT2D eigenvalue weighted by atomic mass is 35.5. The topological polar surface area (TPSA) is 76.5 Å². The lowest BCUT2D eigenvalue weighted by atomic mass is 10.0. The Hall–Kier alpha value is -2.32. The molecule has 0 radical (unpaired) electrons. The van der Waals surface area contributed by atoms with Gasteiger partial charge in [0.1, 0.15) is 30.7 Å². The predicted octanol–water partition coefficient (Wildman–Crippen LogP) is 3.42. The molecule has 0 aliphatic heterocycles. The van der Waals surface area contributed by atoms with Gasteiger partial charge in [0.15, 0.2) is 0 Å². The van der Waals surface area contributed by atoms with Crippen LogP contribution in [0.3, 0.4) is 0 Å². The fraction of sp³-hybridized carbons (Fsp3) is 0.250. The second-order valence-corrected chi connectivity index (χ2v) is 6.56. The van der Waals surface area contributed by atoms with Gasteiger partial charge in [-0.2, -0.15) is 13.9 Å². The molecule has 2 heterocycles. The van der Waals surface area contributed by atoms with Crippen LogP contribution in [0.25, 0.3) is 0 Å². The number of hydrogen-bond donors (Lipinski definition) is 1. The summed E-state index contributed by atoms with van der Waals surface area (Å²) in [4.78, 5) is 22.7. The molecule has 3 rings (SSSR count). The van der Waals surface area contributed by atoms with Crippen molar-refractivity contribution in [1.29, 1.82) is 0 Å². The van der Waals surface area contributed by atoms with Crippen LogP contribution < -0.4 is 5.56 Å². The number of alkyl halides is 2. The molecular formula is C16H13Cl2F2N5O. The van der Waals surface area contributed by atoms with E-state index in [-0.39, 0.29) is 29.4 Å². The summed E-state index contributed by atoms with van der Waals surface area (Å²) in [6, 6.07) is 4.70. The number of aromatic amines is 1. The Kier molecular flexibility index (Phi) is 5.06. The molecule has 136 valence electrons. The molecule has 10 heteroatoms. The van der Waals surface area contributed by atoms with Crippen molar-refractivity contribution in [2.75, 3.05) is 0 Å². The lowest BCUT2D eigenvalue weighted by Crippen LogP contribution is -2.26. The van der Waals surface area contributed by atoms with Gasteiger partial charge in [0, 0.05) is 18.9 Å². The van der Waals surface area contributed by atoms with Crippen LogP contribution in [0.1, 0.15) is 29.6 Å². The van der Waals surface area contributed by atoms with Crippen molar-refractivity contribution in [2.24, 2.45) is 0 Å². The third-order valence-electron chi connectivity index (χ3n) is 3.62.